The molecule has 0 amide bonds. The molecule has 0 radical (unpaired) electrons. The third-order valence-corrected chi connectivity index (χ3v) is 5.17. The molecule has 1 aliphatic rings. The summed E-state index contributed by atoms with van der Waals surface area (Å²) in [5.41, 5.74) is 2.82. The molecule has 29 heavy (non-hydrogen) atoms. The Labute approximate surface area is 172 Å². The summed E-state index contributed by atoms with van der Waals surface area (Å²) in [4.78, 5) is 11.8. The lowest BCUT2D eigenvalue weighted by atomic mass is 10.1. The van der Waals surface area contributed by atoms with Crippen molar-refractivity contribution in [2.24, 2.45) is 5.92 Å². The van der Waals surface area contributed by atoms with Crippen molar-refractivity contribution in [3.05, 3.63) is 57.5 Å². The Kier molecular flexibility index (Phi) is 7.00. The van der Waals surface area contributed by atoms with Crippen molar-refractivity contribution in [1.29, 1.82) is 0 Å². The number of pyridine rings is 1. The van der Waals surface area contributed by atoms with E-state index in [1.807, 2.05) is 32.0 Å². The minimum atomic E-state index is -0.232. The van der Waals surface area contributed by atoms with Crippen molar-refractivity contribution in [2.45, 2.75) is 46.3 Å². The number of nitrogens with zero attached hydrogens (tertiary/aromatic N) is 1. The summed E-state index contributed by atoms with van der Waals surface area (Å²) in [6.07, 6.45) is 2.23. The normalized spacial score (nSPS) is 14.1. The van der Waals surface area contributed by atoms with Gasteiger partial charge >= 0.3 is 0 Å². The van der Waals surface area contributed by atoms with Gasteiger partial charge in [0, 0.05) is 23.5 Å². The van der Waals surface area contributed by atoms with E-state index in [0.29, 0.717) is 25.7 Å². The summed E-state index contributed by atoms with van der Waals surface area (Å²) >= 11 is 0. The van der Waals surface area contributed by atoms with Crippen LogP contribution in [0.2, 0.25) is 0 Å². The highest BCUT2D eigenvalue weighted by Gasteiger charge is 2.23. The van der Waals surface area contributed by atoms with Crippen LogP contribution in [0.4, 0.5) is 0 Å². The molecule has 0 aliphatic heterocycles. The lowest BCUT2D eigenvalue weighted by Gasteiger charge is -2.23. The first kappa shape index (κ1) is 21.0. The van der Waals surface area contributed by atoms with Gasteiger partial charge in [-0.3, -0.25) is 4.79 Å². The number of hydrogen-bond donors (Lipinski definition) is 0. The number of methoxy groups -OCH3 is 1. The SMILES string of the molecule is CC#CCOC(Cn1c(C)cc(=O)cc1C)c1ccc(OC)c(OCC2CC2)c1. The molecule has 1 aromatic carbocycles. The van der Waals surface area contributed by atoms with Crippen molar-refractivity contribution >= 4 is 0 Å². The highest BCUT2D eigenvalue weighted by molar-refractivity contribution is 5.43. The first-order valence-corrected chi connectivity index (χ1v) is 10.0. The Morgan fingerprint density at radius 2 is 1.86 bits per heavy atom. The molecule has 0 bridgehead atoms. The molecular weight excluding hydrogens is 366 g/mol. The molecule has 5 heteroatoms. The predicted octanol–water partition coefficient (Wildman–Crippen LogP) is 4.04. The monoisotopic (exact) mass is 395 g/mol. The van der Waals surface area contributed by atoms with E-state index in [1.165, 1.54) is 12.8 Å². The zero-order valence-corrected chi connectivity index (χ0v) is 17.7. The molecule has 1 atom stereocenters. The van der Waals surface area contributed by atoms with E-state index in [0.717, 1.165) is 28.5 Å². The molecule has 1 fully saturated rings. The second-order valence-corrected chi connectivity index (χ2v) is 7.48. The van der Waals surface area contributed by atoms with Gasteiger partial charge in [-0.1, -0.05) is 12.0 Å². The van der Waals surface area contributed by atoms with Gasteiger partial charge in [0.2, 0.25) is 0 Å². The molecule has 1 unspecified atom stereocenters. The predicted molar refractivity (Wildman–Crippen MR) is 114 cm³/mol. The summed E-state index contributed by atoms with van der Waals surface area (Å²) in [5, 5.41) is 0. The molecule has 3 rings (SSSR count). The molecule has 154 valence electrons. The van der Waals surface area contributed by atoms with Gasteiger partial charge in [-0.15, -0.1) is 5.92 Å². The van der Waals surface area contributed by atoms with Gasteiger partial charge in [0.15, 0.2) is 16.9 Å². The van der Waals surface area contributed by atoms with Gasteiger partial charge in [0.1, 0.15) is 12.7 Å². The van der Waals surface area contributed by atoms with Gasteiger partial charge in [-0.05, 0) is 57.2 Å². The summed E-state index contributed by atoms with van der Waals surface area (Å²) in [5.74, 6) is 7.95. The minimum Gasteiger partial charge on any atom is -0.493 e. The van der Waals surface area contributed by atoms with Crippen molar-refractivity contribution < 1.29 is 14.2 Å². The van der Waals surface area contributed by atoms with Gasteiger partial charge < -0.3 is 18.8 Å². The number of rotatable bonds is 9. The highest BCUT2D eigenvalue weighted by Crippen LogP contribution is 2.35. The standard InChI is InChI=1S/C24H29NO4/c1-5-6-11-28-24(15-25-17(2)12-21(26)13-18(25)3)20-9-10-22(27-4)23(14-20)29-16-19-7-8-19/h9-10,12-14,19,24H,7-8,11,15-16H2,1-4H3. The Hall–Kier alpha value is -2.71. The molecule has 5 nitrogen and oxygen atoms in total. The third kappa shape index (κ3) is 5.65. The van der Waals surface area contributed by atoms with Crippen LogP contribution in [0.15, 0.2) is 35.1 Å². The quantitative estimate of drug-likeness (QED) is 0.601. The topological polar surface area (TPSA) is 49.7 Å². The average molecular weight is 395 g/mol. The fourth-order valence-corrected chi connectivity index (χ4v) is 3.31. The van der Waals surface area contributed by atoms with Crippen LogP contribution >= 0.6 is 0 Å². The van der Waals surface area contributed by atoms with Crippen LogP contribution < -0.4 is 14.9 Å². The van der Waals surface area contributed by atoms with Crippen LogP contribution in [0.3, 0.4) is 0 Å². The number of benzene rings is 1. The van der Waals surface area contributed by atoms with Crippen LogP contribution in [-0.2, 0) is 11.3 Å². The number of ether oxygens (including phenoxy) is 3. The lowest BCUT2D eigenvalue weighted by Crippen LogP contribution is -2.19. The molecule has 1 heterocycles. The van der Waals surface area contributed by atoms with Crippen molar-refractivity contribution in [2.75, 3.05) is 20.3 Å². The zero-order valence-electron chi connectivity index (χ0n) is 17.7. The fraction of sp³-hybridized carbons (Fsp3) is 0.458. The lowest BCUT2D eigenvalue weighted by molar-refractivity contribution is 0.0628. The Morgan fingerprint density at radius 1 is 1.14 bits per heavy atom. The summed E-state index contributed by atoms with van der Waals surface area (Å²) < 4.78 is 19.7. The average Bonchev–Trinajstić information content (AvgIpc) is 3.52. The second-order valence-electron chi connectivity index (χ2n) is 7.48. The Balaban J connectivity index is 1.90. The second kappa shape index (κ2) is 9.67. The highest BCUT2D eigenvalue weighted by atomic mass is 16.5. The van der Waals surface area contributed by atoms with E-state index in [2.05, 4.69) is 16.4 Å². The number of hydrogen-bond acceptors (Lipinski definition) is 4. The van der Waals surface area contributed by atoms with Crippen molar-refractivity contribution in [1.82, 2.24) is 4.57 Å². The first-order chi connectivity index (χ1) is 14.0. The molecule has 1 aliphatic carbocycles. The zero-order chi connectivity index (χ0) is 20.8. The molecule has 2 aromatic rings. The van der Waals surface area contributed by atoms with E-state index in [9.17, 15) is 4.79 Å². The maximum atomic E-state index is 11.8. The molecule has 0 spiro atoms. The van der Waals surface area contributed by atoms with Crippen LogP contribution in [0.1, 0.15) is 42.8 Å². The summed E-state index contributed by atoms with van der Waals surface area (Å²) in [6.45, 7) is 7.31. The molecule has 0 N–H and O–H groups in total. The molecule has 1 saturated carbocycles. The van der Waals surface area contributed by atoms with E-state index < -0.39 is 0 Å². The maximum absolute atomic E-state index is 11.8. The van der Waals surface area contributed by atoms with Crippen LogP contribution in [0.25, 0.3) is 0 Å². The Bertz CT molecular complexity index is 937. The van der Waals surface area contributed by atoms with Crippen molar-refractivity contribution in [3.8, 4) is 23.3 Å². The van der Waals surface area contributed by atoms with E-state index >= 15 is 0 Å². The molecule has 1 aromatic heterocycles. The number of aromatic nitrogens is 1. The van der Waals surface area contributed by atoms with Crippen LogP contribution in [0, 0.1) is 31.6 Å². The summed E-state index contributed by atoms with van der Waals surface area (Å²) in [7, 11) is 1.65. The van der Waals surface area contributed by atoms with Gasteiger partial charge in [0.25, 0.3) is 0 Å². The maximum Gasteiger partial charge on any atom is 0.182 e. The van der Waals surface area contributed by atoms with Gasteiger partial charge in [-0.25, -0.2) is 0 Å². The van der Waals surface area contributed by atoms with Crippen LogP contribution in [0.5, 0.6) is 11.5 Å². The van der Waals surface area contributed by atoms with Gasteiger partial charge in [0.05, 0.1) is 20.3 Å². The van der Waals surface area contributed by atoms with Crippen molar-refractivity contribution in [3.63, 3.8) is 0 Å². The Morgan fingerprint density at radius 3 is 2.48 bits per heavy atom. The molecular formula is C24H29NO4. The third-order valence-electron chi connectivity index (χ3n) is 5.17. The van der Waals surface area contributed by atoms with E-state index in [1.54, 1.807) is 26.2 Å². The molecule has 0 saturated heterocycles. The number of aryl methyl sites for hydroxylation is 2. The fourth-order valence-electron chi connectivity index (χ4n) is 3.31. The van der Waals surface area contributed by atoms with Crippen LogP contribution in [-0.4, -0.2) is 24.9 Å². The van der Waals surface area contributed by atoms with Gasteiger partial charge in [-0.2, -0.15) is 0 Å². The smallest absolute Gasteiger partial charge is 0.182 e. The minimum absolute atomic E-state index is 0.0192. The first-order valence-electron chi connectivity index (χ1n) is 10.0. The summed E-state index contributed by atoms with van der Waals surface area (Å²) in [6, 6.07) is 9.21. The largest absolute Gasteiger partial charge is 0.493 e. The van der Waals surface area contributed by atoms with E-state index in [-0.39, 0.29) is 11.5 Å². The van der Waals surface area contributed by atoms with E-state index in [4.69, 9.17) is 14.2 Å².